The van der Waals surface area contributed by atoms with Gasteiger partial charge in [-0.15, -0.1) is 0 Å². The molecule has 19 heavy (non-hydrogen) atoms. The Morgan fingerprint density at radius 3 is 2.74 bits per heavy atom. The zero-order valence-corrected chi connectivity index (χ0v) is 10.2. The van der Waals surface area contributed by atoms with Crippen molar-refractivity contribution in [3.05, 3.63) is 48.3 Å². The number of nitrogens with zero attached hydrogens (tertiary/aromatic N) is 1. The van der Waals surface area contributed by atoms with E-state index in [1.165, 1.54) is 0 Å². The lowest BCUT2D eigenvalue weighted by atomic mass is 10.0. The third-order valence-corrected chi connectivity index (χ3v) is 3.14. The Morgan fingerprint density at radius 1 is 1.26 bits per heavy atom. The van der Waals surface area contributed by atoms with Crippen LogP contribution in [0.3, 0.4) is 0 Å². The van der Waals surface area contributed by atoms with E-state index in [4.69, 9.17) is 14.6 Å². The number of ether oxygens (including phenoxy) is 2. The Labute approximate surface area is 110 Å². The number of fused-ring (bicyclic) bond motifs is 1. The van der Waals surface area contributed by atoms with Crippen LogP contribution in [0, 0.1) is 0 Å². The van der Waals surface area contributed by atoms with Gasteiger partial charge in [0, 0.05) is 12.4 Å². The van der Waals surface area contributed by atoms with Crippen LogP contribution >= 0.6 is 0 Å². The highest BCUT2D eigenvalue weighted by Gasteiger charge is 2.20. The number of carbonyl (C=O) groups is 1. The van der Waals surface area contributed by atoms with Gasteiger partial charge in [0.25, 0.3) is 0 Å². The summed E-state index contributed by atoms with van der Waals surface area (Å²) < 4.78 is 12.5. The highest BCUT2D eigenvalue weighted by Crippen LogP contribution is 2.35. The standard InChI is InChI=1S/C14H13NO4/c16-14(17)8-11(15-5-1-2-6-15)10-3-4-12-13(7-10)19-9-18-12/h1-7,11H,8-9H2,(H,16,17). The Kier molecular flexibility index (Phi) is 2.87. The van der Waals surface area contributed by atoms with Gasteiger partial charge < -0.3 is 19.1 Å². The molecule has 1 aliphatic rings. The van der Waals surface area contributed by atoms with Gasteiger partial charge in [0.05, 0.1) is 12.5 Å². The lowest BCUT2D eigenvalue weighted by molar-refractivity contribution is -0.137. The van der Waals surface area contributed by atoms with Crippen LogP contribution in [-0.2, 0) is 4.79 Å². The molecule has 0 fully saturated rings. The summed E-state index contributed by atoms with van der Waals surface area (Å²) in [4.78, 5) is 11.0. The molecule has 1 N–H and O–H groups in total. The first kappa shape index (κ1) is 11.6. The van der Waals surface area contributed by atoms with Crippen molar-refractivity contribution in [2.45, 2.75) is 12.5 Å². The van der Waals surface area contributed by atoms with Crippen LogP contribution in [0.5, 0.6) is 11.5 Å². The molecule has 1 unspecified atom stereocenters. The molecular formula is C14H13NO4. The van der Waals surface area contributed by atoms with E-state index in [2.05, 4.69) is 0 Å². The molecule has 1 aromatic carbocycles. The van der Waals surface area contributed by atoms with Crippen molar-refractivity contribution in [2.75, 3.05) is 6.79 Å². The summed E-state index contributed by atoms with van der Waals surface area (Å²) in [6, 6.07) is 9.04. The lowest BCUT2D eigenvalue weighted by Crippen LogP contribution is -2.13. The zero-order valence-electron chi connectivity index (χ0n) is 10.2. The molecule has 1 atom stereocenters. The minimum Gasteiger partial charge on any atom is -0.481 e. The summed E-state index contributed by atoms with van der Waals surface area (Å²) in [5, 5.41) is 9.07. The smallest absolute Gasteiger partial charge is 0.305 e. The molecule has 0 bridgehead atoms. The van der Waals surface area contributed by atoms with Gasteiger partial charge in [0.2, 0.25) is 6.79 Å². The van der Waals surface area contributed by atoms with E-state index in [1.54, 1.807) is 0 Å². The van der Waals surface area contributed by atoms with Crippen LogP contribution in [0.2, 0.25) is 0 Å². The summed E-state index contributed by atoms with van der Waals surface area (Å²) >= 11 is 0. The fourth-order valence-corrected chi connectivity index (χ4v) is 2.24. The maximum absolute atomic E-state index is 11.0. The molecule has 0 saturated heterocycles. The minimum absolute atomic E-state index is 0.0221. The molecule has 2 aromatic rings. The van der Waals surface area contributed by atoms with Crippen LogP contribution in [-0.4, -0.2) is 22.4 Å². The predicted molar refractivity (Wildman–Crippen MR) is 67.4 cm³/mol. The number of carboxylic acids is 1. The Morgan fingerprint density at radius 2 is 2.00 bits per heavy atom. The summed E-state index contributed by atoms with van der Waals surface area (Å²) in [5.41, 5.74) is 0.892. The van der Waals surface area contributed by atoms with Gasteiger partial charge in [0.15, 0.2) is 11.5 Å². The van der Waals surface area contributed by atoms with Crippen LogP contribution in [0.25, 0.3) is 0 Å². The van der Waals surface area contributed by atoms with Crippen molar-refractivity contribution < 1.29 is 19.4 Å². The highest BCUT2D eigenvalue weighted by molar-refractivity contribution is 5.68. The first-order chi connectivity index (χ1) is 9.24. The molecule has 98 valence electrons. The molecule has 2 heterocycles. The summed E-state index contributed by atoms with van der Waals surface area (Å²) in [6.45, 7) is 0.214. The first-order valence-corrected chi connectivity index (χ1v) is 5.98. The molecule has 1 aliphatic heterocycles. The van der Waals surface area contributed by atoms with Crippen molar-refractivity contribution in [3.63, 3.8) is 0 Å². The lowest BCUT2D eigenvalue weighted by Gasteiger charge is -2.18. The van der Waals surface area contributed by atoms with Gasteiger partial charge in [-0.1, -0.05) is 6.07 Å². The first-order valence-electron chi connectivity index (χ1n) is 5.98. The third-order valence-electron chi connectivity index (χ3n) is 3.14. The van der Waals surface area contributed by atoms with Crippen LogP contribution in [0.4, 0.5) is 0 Å². The Balaban J connectivity index is 1.97. The summed E-state index contributed by atoms with van der Waals surface area (Å²) in [7, 11) is 0. The second kappa shape index (κ2) is 4.68. The number of carboxylic acid groups (broad SMARTS) is 1. The summed E-state index contributed by atoms with van der Waals surface area (Å²) in [6.07, 6.45) is 3.74. The highest BCUT2D eigenvalue weighted by atomic mass is 16.7. The Hall–Kier alpha value is -2.43. The van der Waals surface area contributed by atoms with Crippen molar-refractivity contribution in [1.82, 2.24) is 4.57 Å². The van der Waals surface area contributed by atoms with Crippen LogP contribution in [0.1, 0.15) is 18.0 Å². The molecule has 0 saturated carbocycles. The van der Waals surface area contributed by atoms with Gasteiger partial charge in [-0.2, -0.15) is 0 Å². The van der Waals surface area contributed by atoms with Gasteiger partial charge in [0.1, 0.15) is 0 Å². The van der Waals surface area contributed by atoms with E-state index < -0.39 is 5.97 Å². The second-order valence-electron chi connectivity index (χ2n) is 4.36. The number of rotatable bonds is 4. The molecule has 3 rings (SSSR count). The maximum atomic E-state index is 11.0. The second-order valence-corrected chi connectivity index (χ2v) is 4.36. The molecule has 5 heteroatoms. The predicted octanol–water partition coefficient (Wildman–Crippen LogP) is 2.28. The maximum Gasteiger partial charge on any atom is 0.305 e. The quantitative estimate of drug-likeness (QED) is 0.915. The number of hydrogen-bond donors (Lipinski definition) is 1. The molecule has 0 amide bonds. The fourth-order valence-electron chi connectivity index (χ4n) is 2.24. The average molecular weight is 259 g/mol. The summed E-state index contributed by atoms with van der Waals surface area (Å²) in [5.74, 6) is 0.529. The van der Waals surface area contributed by atoms with E-state index >= 15 is 0 Å². The number of hydrogen-bond acceptors (Lipinski definition) is 3. The fraction of sp³-hybridized carbons (Fsp3) is 0.214. The van der Waals surface area contributed by atoms with Gasteiger partial charge in [-0.25, -0.2) is 0 Å². The van der Waals surface area contributed by atoms with Crippen molar-refractivity contribution in [2.24, 2.45) is 0 Å². The third kappa shape index (κ3) is 2.27. The van der Waals surface area contributed by atoms with Gasteiger partial charge >= 0.3 is 5.97 Å². The van der Waals surface area contributed by atoms with Crippen LogP contribution in [0.15, 0.2) is 42.7 Å². The molecule has 1 aromatic heterocycles. The molecule has 5 nitrogen and oxygen atoms in total. The van der Waals surface area contributed by atoms with Crippen LogP contribution < -0.4 is 9.47 Å². The number of aliphatic carboxylic acids is 1. The largest absolute Gasteiger partial charge is 0.481 e. The monoisotopic (exact) mass is 259 g/mol. The van der Waals surface area contributed by atoms with E-state index in [-0.39, 0.29) is 19.3 Å². The zero-order chi connectivity index (χ0) is 13.2. The Bertz CT molecular complexity index is 591. The molecule has 0 radical (unpaired) electrons. The van der Waals surface area contributed by atoms with Crippen molar-refractivity contribution in [3.8, 4) is 11.5 Å². The van der Waals surface area contributed by atoms with Crippen molar-refractivity contribution in [1.29, 1.82) is 0 Å². The van der Waals surface area contributed by atoms with E-state index in [0.717, 1.165) is 5.56 Å². The number of benzene rings is 1. The van der Waals surface area contributed by atoms with E-state index in [0.29, 0.717) is 11.5 Å². The van der Waals surface area contributed by atoms with Gasteiger partial charge in [-0.05, 0) is 29.8 Å². The van der Waals surface area contributed by atoms with Gasteiger partial charge in [-0.3, -0.25) is 4.79 Å². The topological polar surface area (TPSA) is 60.7 Å². The normalized spacial score (nSPS) is 14.3. The SMILES string of the molecule is O=C(O)CC(c1ccc2c(c1)OCO2)n1cccc1. The molecule has 0 aliphatic carbocycles. The van der Waals surface area contributed by atoms with E-state index in [9.17, 15) is 4.79 Å². The average Bonchev–Trinajstić information content (AvgIpc) is 3.06. The molecule has 0 spiro atoms. The minimum atomic E-state index is -0.837. The molecular weight excluding hydrogens is 246 g/mol. The van der Waals surface area contributed by atoms with Crippen molar-refractivity contribution >= 4 is 5.97 Å². The van der Waals surface area contributed by atoms with E-state index in [1.807, 2.05) is 47.3 Å². The number of aromatic nitrogens is 1.